The summed E-state index contributed by atoms with van der Waals surface area (Å²) in [6.45, 7) is 16.3. The van der Waals surface area contributed by atoms with Crippen molar-refractivity contribution in [3.63, 3.8) is 0 Å². The third kappa shape index (κ3) is 6.26. The van der Waals surface area contributed by atoms with Gasteiger partial charge in [-0.2, -0.15) is 0 Å². The molecule has 6 fully saturated rings. The van der Waals surface area contributed by atoms with Gasteiger partial charge >= 0.3 is 11.9 Å². The van der Waals surface area contributed by atoms with E-state index in [-0.39, 0.29) is 46.1 Å². The summed E-state index contributed by atoms with van der Waals surface area (Å²) in [7, 11) is 2.70. The molecule has 4 saturated carbocycles. The van der Waals surface area contributed by atoms with Crippen molar-refractivity contribution in [3.8, 4) is 0 Å². The van der Waals surface area contributed by atoms with Gasteiger partial charge in [-0.25, -0.2) is 4.79 Å². The number of methoxy groups -OCH3 is 2. The quantitative estimate of drug-likeness (QED) is 0.149. The van der Waals surface area contributed by atoms with E-state index in [1.807, 2.05) is 0 Å². The van der Waals surface area contributed by atoms with E-state index in [1.54, 1.807) is 7.11 Å². The lowest BCUT2D eigenvalue weighted by atomic mass is 9.33. The van der Waals surface area contributed by atoms with Crippen molar-refractivity contribution in [2.24, 2.45) is 50.2 Å². The minimum atomic E-state index is -1.75. The smallest absolute Gasteiger partial charge is 0.337 e. The number of esters is 2. The fraction of sp³-hybridized carbons (Fsp3) is 0.907. The summed E-state index contributed by atoms with van der Waals surface area (Å²) in [5.74, 6) is -0.133. The highest BCUT2D eigenvalue weighted by molar-refractivity contribution is 5.78. The molecule has 2 saturated heterocycles. The zero-order valence-electron chi connectivity index (χ0n) is 34.9. The van der Waals surface area contributed by atoms with Crippen molar-refractivity contribution in [3.05, 3.63) is 11.6 Å². The van der Waals surface area contributed by atoms with Crippen LogP contribution >= 0.6 is 0 Å². The molecule has 56 heavy (non-hydrogen) atoms. The summed E-state index contributed by atoms with van der Waals surface area (Å²) in [6.07, 6.45) is -2.61. The van der Waals surface area contributed by atoms with E-state index in [2.05, 4.69) is 54.5 Å². The summed E-state index contributed by atoms with van der Waals surface area (Å²) in [6, 6.07) is 0. The Morgan fingerprint density at radius 3 is 2.12 bits per heavy atom. The Morgan fingerprint density at radius 2 is 1.45 bits per heavy atom. The molecule has 7 rings (SSSR count). The van der Waals surface area contributed by atoms with Gasteiger partial charge in [-0.3, -0.25) is 4.79 Å². The molecule has 7 aliphatic rings. The number of aliphatic hydroxyl groups is 5. The first-order valence-corrected chi connectivity index (χ1v) is 21.0. The minimum absolute atomic E-state index is 0.00828. The van der Waals surface area contributed by atoms with Crippen LogP contribution < -0.4 is 0 Å². The van der Waals surface area contributed by atoms with E-state index in [0.29, 0.717) is 12.3 Å². The number of ether oxygens (including phenoxy) is 6. The van der Waals surface area contributed by atoms with E-state index in [0.717, 1.165) is 64.9 Å². The van der Waals surface area contributed by atoms with Crippen molar-refractivity contribution in [2.45, 2.75) is 174 Å². The molecule has 2 aliphatic heterocycles. The number of hydrogen-bond donors (Lipinski definition) is 5. The van der Waals surface area contributed by atoms with Gasteiger partial charge in [0, 0.05) is 0 Å². The SMILES string of the molecule is COC(=O)[C@H]1O[C@@H](O[C@H]2CC[C@]3(C)[C@H]4CC=C5[C@@H]6CC(C)(C)CC[C@]6(C(=O)OC)CC[C@@]5(C)[C@]4(C)CC[C@H]3C2(C)C)[C@H](O[C@@H]2OC[C@H](O)[C@H](O)[C@H]2O)[C@@H](O)[C@@H]1O. The van der Waals surface area contributed by atoms with Crippen LogP contribution in [0.15, 0.2) is 11.6 Å². The van der Waals surface area contributed by atoms with Crippen molar-refractivity contribution in [1.82, 2.24) is 0 Å². The number of fused-ring (bicyclic) bond motifs is 7. The lowest BCUT2D eigenvalue weighted by Gasteiger charge is -2.71. The first kappa shape index (κ1) is 42.4. The second-order valence-corrected chi connectivity index (χ2v) is 20.6. The number of rotatable bonds is 6. The van der Waals surface area contributed by atoms with Gasteiger partial charge in [-0.15, -0.1) is 0 Å². The molecule has 0 aromatic carbocycles. The average Bonchev–Trinajstić information content (AvgIpc) is 3.14. The summed E-state index contributed by atoms with van der Waals surface area (Å²) >= 11 is 0. The maximum Gasteiger partial charge on any atom is 0.337 e. The predicted octanol–water partition coefficient (Wildman–Crippen LogP) is 3.79. The highest BCUT2D eigenvalue weighted by Crippen LogP contribution is 2.76. The van der Waals surface area contributed by atoms with E-state index in [9.17, 15) is 35.1 Å². The van der Waals surface area contributed by atoms with Crippen LogP contribution in [0.3, 0.4) is 0 Å². The minimum Gasteiger partial charge on any atom is -0.469 e. The van der Waals surface area contributed by atoms with Gasteiger partial charge in [0.05, 0.1) is 32.3 Å². The molecule has 0 amide bonds. The first-order chi connectivity index (χ1) is 26.1. The maximum atomic E-state index is 13.7. The lowest BCUT2D eigenvalue weighted by Crippen LogP contribution is -2.67. The van der Waals surface area contributed by atoms with Crippen molar-refractivity contribution < 1.29 is 63.5 Å². The molecule has 5 N–H and O–H groups in total. The predicted molar refractivity (Wildman–Crippen MR) is 201 cm³/mol. The second-order valence-electron chi connectivity index (χ2n) is 20.6. The van der Waals surface area contributed by atoms with Gasteiger partial charge in [0.25, 0.3) is 0 Å². The Kier molecular flexibility index (Phi) is 11.0. The van der Waals surface area contributed by atoms with Crippen LogP contribution in [0.2, 0.25) is 0 Å². The Labute approximate surface area is 331 Å². The summed E-state index contributed by atoms with van der Waals surface area (Å²) < 4.78 is 34.7. The molecule has 2 heterocycles. The fourth-order valence-corrected chi connectivity index (χ4v) is 13.7. The van der Waals surface area contributed by atoms with E-state index in [1.165, 1.54) is 5.57 Å². The fourth-order valence-electron chi connectivity index (χ4n) is 13.7. The van der Waals surface area contributed by atoms with Crippen LogP contribution in [0.5, 0.6) is 0 Å². The molecule has 0 aromatic heterocycles. The standard InChI is InChI=1S/C43H68O13/c1-38(2)16-18-43(37(50)52-9)19-17-41(6)22(23(43)20-38)10-11-26-40(5)14-13-27(39(3,4)25(40)12-15-42(26,41)7)54-36-33(30(47)29(46)32(55-36)34(49)51-8)56-35-31(48)28(45)24(44)21-53-35/h10,23-33,35-36,44-48H,11-21H2,1-9H3/t23-,24-,25-,26+,27-,28-,29-,30-,31+,32-,33+,35-,36+,40-,41+,42+,43-/m0/s1. The first-order valence-electron chi connectivity index (χ1n) is 21.0. The van der Waals surface area contributed by atoms with Crippen molar-refractivity contribution in [1.29, 1.82) is 0 Å². The molecule has 0 spiro atoms. The highest BCUT2D eigenvalue weighted by atomic mass is 16.8. The zero-order valence-corrected chi connectivity index (χ0v) is 34.9. The van der Waals surface area contributed by atoms with Gasteiger partial charge in [-0.1, -0.05) is 60.1 Å². The van der Waals surface area contributed by atoms with Crippen LogP contribution in [-0.4, -0.2) is 120 Å². The van der Waals surface area contributed by atoms with Gasteiger partial charge in [0.2, 0.25) is 0 Å². The number of allylic oxidation sites excluding steroid dienone is 2. The van der Waals surface area contributed by atoms with E-state index < -0.39 is 78.2 Å². The molecule has 5 aliphatic carbocycles. The summed E-state index contributed by atoms with van der Waals surface area (Å²) in [5.41, 5.74) is 0.661. The maximum absolute atomic E-state index is 13.7. The summed E-state index contributed by atoms with van der Waals surface area (Å²) in [5, 5.41) is 53.3. The van der Waals surface area contributed by atoms with E-state index >= 15 is 0 Å². The van der Waals surface area contributed by atoms with Gasteiger partial charge < -0.3 is 54.0 Å². The number of aliphatic hydroxyl groups excluding tert-OH is 5. The molecule has 0 radical (unpaired) electrons. The largest absolute Gasteiger partial charge is 0.469 e. The topological polar surface area (TPSA) is 191 Å². The molecule has 13 heteroatoms. The van der Waals surface area contributed by atoms with Gasteiger partial charge in [-0.05, 0) is 109 Å². The molecule has 0 aromatic rings. The summed E-state index contributed by atoms with van der Waals surface area (Å²) in [4.78, 5) is 26.4. The van der Waals surface area contributed by atoms with Crippen molar-refractivity contribution in [2.75, 3.05) is 20.8 Å². The number of carbonyl (C=O) groups is 2. The highest BCUT2D eigenvalue weighted by Gasteiger charge is 2.70. The monoisotopic (exact) mass is 792 g/mol. The third-order valence-corrected chi connectivity index (χ3v) is 17.2. The zero-order chi connectivity index (χ0) is 41.0. The third-order valence-electron chi connectivity index (χ3n) is 17.2. The van der Waals surface area contributed by atoms with Gasteiger partial charge in [0.1, 0.15) is 36.6 Å². The second kappa shape index (κ2) is 14.5. The Morgan fingerprint density at radius 1 is 0.750 bits per heavy atom. The average molecular weight is 793 g/mol. The number of hydrogen-bond acceptors (Lipinski definition) is 13. The molecule has 17 atom stereocenters. The molecular weight excluding hydrogens is 724 g/mol. The van der Waals surface area contributed by atoms with Crippen LogP contribution in [0, 0.1) is 50.2 Å². The van der Waals surface area contributed by atoms with Crippen LogP contribution in [0.25, 0.3) is 0 Å². The van der Waals surface area contributed by atoms with Crippen LogP contribution in [0.1, 0.15) is 113 Å². The molecule has 318 valence electrons. The number of carbonyl (C=O) groups excluding carboxylic acids is 2. The molecule has 0 unspecified atom stereocenters. The van der Waals surface area contributed by atoms with Crippen LogP contribution in [0.4, 0.5) is 0 Å². The Hall–Kier alpha value is -1.68. The Balaban J connectivity index is 1.16. The molecule has 0 bridgehead atoms. The molecule has 13 nitrogen and oxygen atoms in total. The van der Waals surface area contributed by atoms with E-state index in [4.69, 9.17) is 28.4 Å². The lowest BCUT2D eigenvalue weighted by molar-refractivity contribution is -0.366. The van der Waals surface area contributed by atoms with Crippen LogP contribution in [-0.2, 0) is 38.0 Å². The Bertz CT molecular complexity index is 1550. The molecular formula is C43H68O13. The van der Waals surface area contributed by atoms with Gasteiger partial charge in [0.15, 0.2) is 18.7 Å². The van der Waals surface area contributed by atoms with Crippen molar-refractivity contribution >= 4 is 11.9 Å². The normalized spacial score (nSPS) is 50.9.